The Balaban J connectivity index is 2.67. The van der Waals surface area contributed by atoms with E-state index in [1.165, 1.54) is 17.7 Å². The van der Waals surface area contributed by atoms with Crippen molar-refractivity contribution in [3.05, 3.63) is 40.7 Å². The van der Waals surface area contributed by atoms with Gasteiger partial charge in [0.25, 0.3) is 5.56 Å². The van der Waals surface area contributed by atoms with Crippen molar-refractivity contribution in [2.75, 3.05) is 7.05 Å². The highest BCUT2D eigenvalue weighted by atomic mass is 16.6. The molecule has 0 saturated carbocycles. The van der Waals surface area contributed by atoms with E-state index in [0.717, 1.165) is 10.9 Å². The van der Waals surface area contributed by atoms with Crippen LogP contribution in [0.1, 0.15) is 0 Å². The normalized spacial score (nSPS) is 10.2. The summed E-state index contributed by atoms with van der Waals surface area (Å²) in [5.41, 5.74) is 0.501. The van der Waals surface area contributed by atoms with Crippen molar-refractivity contribution in [2.24, 2.45) is 7.05 Å². The average molecular weight is 232 g/mol. The number of nitrogens with one attached hydrogen (secondary N) is 1. The highest BCUT2D eigenvalue weighted by Crippen LogP contribution is 2.22. The van der Waals surface area contributed by atoms with E-state index in [0.29, 0.717) is 0 Å². The zero-order valence-corrected chi connectivity index (χ0v) is 9.56. The van der Waals surface area contributed by atoms with Gasteiger partial charge in [0.1, 0.15) is 5.75 Å². The molecule has 1 heterocycles. The number of carbonyl (C=O) groups excluding carboxylic acids is 1. The summed E-state index contributed by atoms with van der Waals surface area (Å²) in [5.74, 6) is 0.267. The van der Waals surface area contributed by atoms with Crippen LogP contribution in [-0.4, -0.2) is 17.7 Å². The van der Waals surface area contributed by atoms with Gasteiger partial charge in [0.05, 0.1) is 5.52 Å². The van der Waals surface area contributed by atoms with Crippen molar-refractivity contribution in [1.82, 2.24) is 9.88 Å². The molecule has 88 valence electrons. The second-order valence-electron chi connectivity index (χ2n) is 3.56. The smallest absolute Gasteiger partial charge is 0.409 e. The number of aromatic nitrogens is 1. The maximum absolute atomic E-state index is 11.7. The number of ether oxygens (including phenoxy) is 1. The van der Waals surface area contributed by atoms with Crippen LogP contribution >= 0.6 is 0 Å². The van der Waals surface area contributed by atoms with Crippen LogP contribution in [0.15, 0.2) is 35.1 Å². The second kappa shape index (κ2) is 4.29. The summed E-state index contributed by atoms with van der Waals surface area (Å²) >= 11 is 0. The predicted octanol–water partition coefficient (Wildman–Crippen LogP) is 1.26. The SMILES string of the molecule is CNC(=O)Oc1cc(=O)n(C)c2ccccc12. The van der Waals surface area contributed by atoms with E-state index in [9.17, 15) is 9.59 Å². The lowest BCUT2D eigenvalue weighted by atomic mass is 10.2. The Kier molecular flexibility index (Phi) is 2.82. The molecule has 1 aromatic carbocycles. The number of hydrogen-bond donors (Lipinski definition) is 1. The lowest BCUT2D eigenvalue weighted by Crippen LogP contribution is -2.24. The minimum Gasteiger partial charge on any atom is -0.409 e. The molecule has 0 saturated heterocycles. The summed E-state index contributed by atoms with van der Waals surface area (Å²) in [6, 6.07) is 8.55. The molecule has 5 heteroatoms. The summed E-state index contributed by atoms with van der Waals surface area (Å²) in [6.07, 6.45) is -0.594. The van der Waals surface area contributed by atoms with Crippen LogP contribution in [0.3, 0.4) is 0 Å². The molecule has 0 atom stereocenters. The number of aryl methyl sites for hydroxylation is 1. The van der Waals surface area contributed by atoms with E-state index < -0.39 is 6.09 Å². The van der Waals surface area contributed by atoms with Crippen molar-refractivity contribution in [3.8, 4) is 5.75 Å². The van der Waals surface area contributed by atoms with Gasteiger partial charge in [-0.25, -0.2) is 4.79 Å². The van der Waals surface area contributed by atoms with Crippen molar-refractivity contribution in [2.45, 2.75) is 0 Å². The molecule has 17 heavy (non-hydrogen) atoms. The summed E-state index contributed by atoms with van der Waals surface area (Å²) in [4.78, 5) is 22.9. The summed E-state index contributed by atoms with van der Waals surface area (Å²) in [5, 5.41) is 3.06. The third kappa shape index (κ3) is 1.99. The third-order valence-electron chi connectivity index (χ3n) is 2.52. The van der Waals surface area contributed by atoms with Gasteiger partial charge >= 0.3 is 6.09 Å². The van der Waals surface area contributed by atoms with Crippen LogP contribution in [0.5, 0.6) is 5.75 Å². The average Bonchev–Trinajstić information content (AvgIpc) is 2.35. The Morgan fingerprint density at radius 1 is 1.35 bits per heavy atom. The fraction of sp³-hybridized carbons (Fsp3) is 0.167. The number of amides is 1. The molecule has 1 N–H and O–H groups in total. The zero-order valence-electron chi connectivity index (χ0n) is 9.56. The summed E-state index contributed by atoms with van der Waals surface area (Å²) in [6.45, 7) is 0. The van der Waals surface area contributed by atoms with Gasteiger partial charge in [-0.1, -0.05) is 12.1 Å². The first kappa shape index (κ1) is 11.2. The van der Waals surface area contributed by atoms with E-state index in [2.05, 4.69) is 5.32 Å². The molecule has 0 unspecified atom stereocenters. The van der Waals surface area contributed by atoms with E-state index in [1.54, 1.807) is 19.2 Å². The Hall–Kier alpha value is -2.30. The van der Waals surface area contributed by atoms with Gasteiger partial charge in [-0.05, 0) is 12.1 Å². The maximum atomic E-state index is 11.7. The molecule has 0 aliphatic rings. The van der Waals surface area contributed by atoms with Crippen LogP contribution in [0.4, 0.5) is 4.79 Å². The second-order valence-corrected chi connectivity index (χ2v) is 3.56. The van der Waals surface area contributed by atoms with Gasteiger partial charge in [0.2, 0.25) is 0 Å². The van der Waals surface area contributed by atoms with Crippen LogP contribution in [-0.2, 0) is 7.05 Å². The predicted molar refractivity (Wildman–Crippen MR) is 64.3 cm³/mol. The number of fused-ring (bicyclic) bond motifs is 1. The lowest BCUT2D eigenvalue weighted by molar-refractivity contribution is 0.203. The zero-order chi connectivity index (χ0) is 12.4. The van der Waals surface area contributed by atoms with Gasteiger partial charge < -0.3 is 14.6 Å². The molecule has 1 aromatic heterocycles. The number of rotatable bonds is 1. The molecule has 5 nitrogen and oxygen atoms in total. The van der Waals surface area contributed by atoms with E-state index in [4.69, 9.17) is 4.74 Å². The molecule has 1 amide bonds. The van der Waals surface area contributed by atoms with Crippen LogP contribution in [0, 0.1) is 0 Å². The Bertz CT molecular complexity index is 631. The molecule has 0 aliphatic heterocycles. The molecule has 0 bridgehead atoms. The monoisotopic (exact) mass is 232 g/mol. The minimum atomic E-state index is -0.594. The van der Waals surface area contributed by atoms with Gasteiger partial charge in [-0.3, -0.25) is 4.79 Å². The van der Waals surface area contributed by atoms with Crippen LogP contribution in [0.25, 0.3) is 10.9 Å². The molecule has 2 aromatic rings. The van der Waals surface area contributed by atoms with Crippen molar-refractivity contribution < 1.29 is 9.53 Å². The third-order valence-corrected chi connectivity index (χ3v) is 2.52. The van der Waals surface area contributed by atoms with Crippen molar-refractivity contribution in [1.29, 1.82) is 0 Å². The summed E-state index contributed by atoms with van der Waals surface area (Å²) < 4.78 is 6.56. The number of carbonyl (C=O) groups is 1. The largest absolute Gasteiger partial charge is 0.412 e. The van der Waals surface area contributed by atoms with Gasteiger partial charge in [-0.2, -0.15) is 0 Å². The quantitative estimate of drug-likeness (QED) is 0.805. The highest BCUT2D eigenvalue weighted by molar-refractivity contribution is 5.87. The number of nitrogens with zero attached hydrogens (tertiary/aromatic N) is 1. The Morgan fingerprint density at radius 3 is 2.76 bits per heavy atom. The lowest BCUT2D eigenvalue weighted by Gasteiger charge is -2.09. The molecular formula is C12H12N2O3. The fourth-order valence-electron chi connectivity index (χ4n) is 1.62. The standard InChI is InChI=1S/C12H12N2O3/c1-13-12(16)17-10-7-11(15)14(2)9-6-4-3-5-8(9)10/h3-7H,1-2H3,(H,13,16). The number of benzene rings is 1. The number of pyridine rings is 1. The molecule has 2 rings (SSSR count). The summed E-state index contributed by atoms with van der Waals surface area (Å²) in [7, 11) is 3.14. The Morgan fingerprint density at radius 2 is 2.06 bits per heavy atom. The minimum absolute atomic E-state index is 0.220. The van der Waals surface area contributed by atoms with Gasteiger partial charge in [-0.15, -0.1) is 0 Å². The highest BCUT2D eigenvalue weighted by Gasteiger charge is 2.09. The van der Waals surface area contributed by atoms with Crippen molar-refractivity contribution >= 4 is 17.0 Å². The van der Waals surface area contributed by atoms with E-state index in [1.807, 2.05) is 12.1 Å². The first-order valence-electron chi connectivity index (χ1n) is 5.12. The molecule has 0 fully saturated rings. The molecule has 0 spiro atoms. The molecule has 0 aliphatic carbocycles. The first-order valence-corrected chi connectivity index (χ1v) is 5.12. The van der Waals surface area contributed by atoms with Gasteiger partial charge in [0.15, 0.2) is 0 Å². The topological polar surface area (TPSA) is 60.3 Å². The van der Waals surface area contributed by atoms with Gasteiger partial charge in [0, 0.05) is 25.5 Å². The number of para-hydroxylation sites is 1. The maximum Gasteiger partial charge on any atom is 0.412 e. The number of hydrogen-bond acceptors (Lipinski definition) is 3. The van der Waals surface area contributed by atoms with E-state index >= 15 is 0 Å². The Labute approximate surface area is 97.6 Å². The van der Waals surface area contributed by atoms with Crippen molar-refractivity contribution in [3.63, 3.8) is 0 Å². The fourth-order valence-corrected chi connectivity index (χ4v) is 1.62. The van der Waals surface area contributed by atoms with Crippen LogP contribution in [0.2, 0.25) is 0 Å². The first-order chi connectivity index (χ1) is 8.13. The van der Waals surface area contributed by atoms with E-state index in [-0.39, 0.29) is 11.3 Å². The molecular weight excluding hydrogens is 220 g/mol. The molecule has 0 radical (unpaired) electrons. The van der Waals surface area contributed by atoms with Crippen LogP contribution < -0.4 is 15.6 Å².